The standard InChI is InChI=1S/C4H9NO4S/c1-10(8,9)2-3(5)4(6)7/h3H,2,5H2,1H3,(H,6,7)/t3-/m1/s1. The van der Waals surface area contributed by atoms with Crippen LogP contribution in [0, 0.1) is 0 Å². The summed E-state index contributed by atoms with van der Waals surface area (Å²) in [6, 6.07) is -1.31. The summed E-state index contributed by atoms with van der Waals surface area (Å²) in [5.74, 6) is -1.81. The molecule has 10 heavy (non-hydrogen) atoms. The van der Waals surface area contributed by atoms with Crippen molar-refractivity contribution < 1.29 is 18.3 Å². The van der Waals surface area contributed by atoms with Crippen LogP contribution in [0.3, 0.4) is 0 Å². The van der Waals surface area contributed by atoms with Crippen molar-refractivity contribution in [2.45, 2.75) is 6.04 Å². The Labute approximate surface area is 58.8 Å². The number of nitrogens with two attached hydrogens (primary N) is 1. The van der Waals surface area contributed by atoms with E-state index in [2.05, 4.69) is 0 Å². The normalized spacial score (nSPS) is 14.6. The van der Waals surface area contributed by atoms with Gasteiger partial charge in [-0.3, -0.25) is 4.79 Å². The fraction of sp³-hybridized carbons (Fsp3) is 0.750. The van der Waals surface area contributed by atoms with Gasteiger partial charge in [-0.05, 0) is 0 Å². The number of aliphatic carboxylic acids is 1. The predicted octanol–water partition coefficient (Wildman–Crippen LogP) is -1.56. The van der Waals surface area contributed by atoms with Crippen molar-refractivity contribution in [1.82, 2.24) is 0 Å². The second-order valence-electron chi connectivity index (χ2n) is 2.04. The summed E-state index contributed by atoms with van der Waals surface area (Å²) in [6.45, 7) is 0. The van der Waals surface area contributed by atoms with Crippen LogP contribution in [-0.4, -0.2) is 37.5 Å². The highest BCUT2D eigenvalue weighted by Gasteiger charge is 2.16. The molecule has 0 spiro atoms. The van der Waals surface area contributed by atoms with Gasteiger partial charge < -0.3 is 10.8 Å². The molecular weight excluding hydrogens is 158 g/mol. The zero-order valence-electron chi connectivity index (χ0n) is 5.44. The molecule has 1 atom stereocenters. The van der Waals surface area contributed by atoms with Gasteiger partial charge in [-0.15, -0.1) is 0 Å². The predicted molar refractivity (Wildman–Crippen MR) is 35.3 cm³/mol. The molecule has 0 saturated heterocycles. The molecule has 0 saturated carbocycles. The molecule has 6 heteroatoms. The van der Waals surface area contributed by atoms with E-state index in [1.807, 2.05) is 0 Å². The lowest BCUT2D eigenvalue weighted by Gasteiger charge is -2.02. The van der Waals surface area contributed by atoms with E-state index in [4.69, 9.17) is 10.8 Å². The summed E-state index contributed by atoms with van der Waals surface area (Å²) in [6.07, 6.45) is 0.940. The third-order valence-corrected chi connectivity index (χ3v) is 1.76. The summed E-state index contributed by atoms with van der Waals surface area (Å²) >= 11 is 0. The molecule has 0 rings (SSSR count). The molecule has 0 aromatic carbocycles. The smallest absolute Gasteiger partial charge is 0.321 e. The Morgan fingerprint density at radius 3 is 2.20 bits per heavy atom. The SMILES string of the molecule is CS(=O)(=O)C[C@@H](N)C(=O)O. The number of carboxylic acid groups (broad SMARTS) is 1. The molecule has 0 aromatic rings. The average molecular weight is 167 g/mol. The zero-order valence-corrected chi connectivity index (χ0v) is 6.26. The van der Waals surface area contributed by atoms with Crippen LogP contribution in [0.5, 0.6) is 0 Å². The van der Waals surface area contributed by atoms with Crippen LogP contribution in [-0.2, 0) is 14.6 Å². The van der Waals surface area contributed by atoms with Crippen molar-refractivity contribution in [2.75, 3.05) is 12.0 Å². The van der Waals surface area contributed by atoms with Gasteiger partial charge in [0.2, 0.25) is 0 Å². The monoisotopic (exact) mass is 167 g/mol. The highest BCUT2D eigenvalue weighted by molar-refractivity contribution is 7.90. The number of hydrogen-bond donors (Lipinski definition) is 2. The number of carbonyl (C=O) groups is 1. The summed E-state index contributed by atoms with van der Waals surface area (Å²) in [5, 5.41) is 8.16. The largest absolute Gasteiger partial charge is 0.480 e. The Morgan fingerprint density at radius 1 is 1.70 bits per heavy atom. The fourth-order valence-electron chi connectivity index (χ4n) is 0.397. The molecule has 0 aliphatic rings. The molecular formula is C4H9NO4S. The molecule has 0 aliphatic carbocycles. The Hall–Kier alpha value is -0.620. The first kappa shape index (κ1) is 9.38. The maximum absolute atomic E-state index is 10.4. The molecule has 60 valence electrons. The topological polar surface area (TPSA) is 97.5 Å². The zero-order chi connectivity index (χ0) is 8.36. The Balaban J connectivity index is 4.06. The van der Waals surface area contributed by atoms with E-state index in [0.717, 1.165) is 6.26 Å². The van der Waals surface area contributed by atoms with Crippen molar-refractivity contribution in [2.24, 2.45) is 5.73 Å². The van der Waals surface area contributed by atoms with Gasteiger partial charge in [0.05, 0.1) is 5.75 Å². The average Bonchev–Trinajstić information content (AvgIpc) is 1.60. The van der Waals surface area contributed by atoms with Crippen LogP contribution >= 0.6 is 0 Å². The Bertz CT molecular complexity index is 219. The molecule has 0 aliphatic heterocycles. The van der Waals surface area contributed by atoms with Crippen LogP contribution in [0.15, 0.2) is 0 Å². The quantitative estimate of drug-likeness (QED) is 0.530. The molecule has 0 aromatic heterocycles. The summed E-state index contributed by atoms with van der Waals surface area (Å²) < 4.78 is 20.8. The number of carboxylic acids is 1. The highest BCUT2D eigenvalue weighted by Crippen LogP contribution is 1.87. The van der Waals surface area contributed by atoms with Gasteiger partial charge in [0.1, 0.15) is 15.9 Å². The molecule has 0 unspecified atom stereocenters. The molecule has 0 heterocycles. The van der Waals surface area contributed by atoms with Gasteiger partial charge in [-0.2, -0.15) is 0 Å². The third kappa shape index (κ3) is 4.28. The van der Waals surface area contributed by atoms with Crippen LogP contribution in [0.25, 0.3) is 0 Å². The van der Waals surface area contributed by atoms with Gasteiger partial charge in [-0.1, -0.05) is 0 Å². The van der Waals surface area contributed by atoms with Crippen molar-refractivity contribution >= 4 is 15.8 Å². The molecule has 3 N–H and O–H groups in total. The molecule has 0 bridgehead atoms. The lowest BCUT2D eigenvalue weighted by atomic mass is 10.4. The van der Waals surface area contributed by atoms with Crippen molar-refractivity contribution in [1.29, 1.82) is 0 Å². The van der Waals surface area contributed by atoms with E-state index >= 15 is 0 Å². The summed E-state index contributed by atoms with van der Waals surface area (Å²) in [5.41, 5.74) is 4.92. The van der Waals surface area contributed by atoms with E-state index in [1.165, 1.54) is 0 Å². The van der Waals surface area contributed by atoms with Crippen molar-refractivity contribution in [3.63, 3.8) is 0 Å². The van der Waals surface area contributed by atoms with Gasteiger partial charge in [0.25, 0.3) is 0 Å². The Morgan fingerprint density at radius 2 is 2.10 bits per heavy atom. The van der Waals surface area contributed by atoms with Crippen molar-refractivity contribution in [3.05, 3.63) is 0 Å². The second kappa shape index (κ2) is 2.98. The van der Waals surface area contributed by atoms with Gasteiger partial charge in [0.15, 0.2) is 0 Å². The van der Waals surface area contributed by atoms with Crippen molar-refractivity contribution in [3.8, 4) is 0 Å². The third-order valence-electron chi connectivity index (χ3n) is 0.800. The van der Waals surface area contributed by atoms with E-state index in [1.54, 1.807) is 0 Å². The number of rotatable bonds is 3. The maximum atomic E-state index is 10.4. The molecule has 0 amide bonds. The first-order valence-electron chi connectivity index (χ1n) is 2.49. The van der Waals surface area contributed by atoms with E-state index in [0.29, 0.717) is 0 Å². The van der Waals surface area contributed by atoms with Gasteiger partial charge >= 0.3 is 5.97 Å². The summed E-state index contributed by atoms with van der Waals surface area (Å²) in [4.78, 5) is 9.99. The minimum Gasteiger partial charge on any atom is -0.480 e. The molecule has 0 fully saturated rings. The first-order valence-corrected chi connectivity index (χ1v) is 4.55. The van der Waals surface area contributed by atoms with E-state index in [9.17, 15) is 13.2 Å². The molecule has 5 nitrogen and oxygen atoms in total. The maximum Gasteiger partial charge on any atom is 0.321 e. The highest BCUT2D eigenvalue weighted by atomic mass is 32.2. The van der Waals surface area contributed by atoms with E-state index < -0.39 is 27.6 Å². The van der Waals surface area contributed by atoms with Crippen LogP contribution in [0.4, 0.5) is 0 Å². The van der Waals surface area contributed by atoms with Crippen LogP contribution in [0.1, 0.15) is 0 Å². The summed E-state index contributed by atoms with van der Waals surface area (Å²) in [7, 11) is -3.27. The second-order valence-corrected chi connectivity index (χ2v) is 4.22. The van der Waals surface area contributed by atoms with Gasteiger partial charge in [0, 0.05) is 6.26 Å². The number of hydrogen-bond acceptors (Lipinski definition) is 4. The Kier molecular flexibility index (Phi) is 2.79. The van der Waals surface area contributed by atoms with Gasteiger partial charge in [-0.25, -0.2) is 8.42 Å². The number of sulfone groups is 1. The lowest BCUT2D eigenvalue weighted by Crippen LogP contribution is -2.36. The van der Waals surface area contributed by atoms with Crippen LogP contribution < -0.4 is 5.73 Å². The lowest BCUT2D eigenvalue weighted by molar-refractivity contribution is -0.137. The van der Waals surface area contributed by atoms with E-state index in [-0.39, 0.29) is 0 Å². The molecule has 0 radical (unpaired) electrons. The fourth-order valence-corrected chi connectivity index (χ4v) is 1.19. The minimum atomic E-state index is -3.27. The minimum absolute atomic E-state index is 0.512. The first-order chi connectivity index (χ1) is 4.33. The van der Waals surface area contributed by atoms with Crippen LogP contribution in [0.2, 0.25) is 0 Å².